The third-order valence-corrected chi connectivity index (χ3v) is 3.99. The van der Waals surface area contributed by atoms with Gasteiger partial charge in [-0.2, -0.15) is 0 Å². The summed E-state index contributed by atoms with van der Waals surface area (Å²) in [6.07, 6.45) is 1.91. The van der Waals surface area contributed by atoms with Gasteiger partial charge in [-0.25, -0.2) is 4.98 Å². The van der Waals surface area contributed by atoms with E-state index in [2.05, 4.69) is 18.8 Å². The molecule has 0 aliphatic heterocycles. The highest BCUT2D eigenvalue weighted by Gasteiger charge is 2.24. The zero-order valence-electron chi connectivity index (χ0n) is 10.6. The van der Waals surface area contributed by atoms with Gasteiger partial charge in [0, 0.05) is 18.5 Å². The number of rotatable bonds is 6. The minimum atomic E-state index is 0.0688. The summed E-state index contributed by atoms with van der Waals surface area (Å²) in [5.74, 6) is 0.541. The van der Waals surface area contributed by atoms with Crippen molar-refractivity contribution in [2.75, 3.05) is 12.4 Å². The van der Waals surface area contributed by atoms with Crippen LogP contribution in [0.15, 0.2) is 5.51 Å². The summed E-state index contributed by atoms with van der Waals surface area (Å²) < 4.78 is 0. The Kier molecular flexibility index (Phi) is 5.92. The summed E-state index contributed by atoms with van der Waals surface area (Å²) >= 11 is 7.20. The van der Waals surface area contributed by atoms with Gasteiger partial charge in [0.1, 0.15) is 4.88 Å². The molecule has 1 heterocycles. The Morgan fingerprint density at radius 3 is 2.59 bits per heavy atom. The van der Waals surface area contributed by atoms with Crippen LogP contribution in [-0.2, 0) is 0 Å². The average Bonchev–Trinajstić information content (AvgIpc) is 2.75. The van der Waals surface area contributed by atoms with E-state index in [1.165, 1.54) is 11.3 Å². The van der Waals surface area contributed by atoms with Crippen LogP contribution in [0.3, 0.4) is 0 Å². The Bertz CT molecular complexity index is 363. The van der Waals surface area contributed by atoms with Gasteiger partial charge in [0.15, 0.2) is 0 Å². The molecule has 0 aliphatic carbocycles. The van der Waals surface area contributed by atoms with Gasteiger partial charge in [-0.15, -0.1) is 22.9 Å². The van der Waals surface area contributed by atoms with E-state index in [0.29, 0.717) is 12.4 Å². The van der Waals surface area contributed by atoms with Crippen molar-refractivity contribution in [3.8, 4) is 0 Å². The van der Waals surface area contributed by atoms with Crippen LogP contribution in [0.2, 0.25) is 0 Å². The van der Waals surface area contributed by atoms with Crippen LogP contribution in [0.4, 0.5) is 0 Å². The molecule has 0 aromatic carbocycles. The third-order valence-electron chi connectivity index (χ3n) is 2.91. The molecule has 0 saturated carbocycles. The first-order chi connectivity index (χ1) is 8.15. The van der Waals surface area contributed by atoms with Gasteiger partial charge in [-0.1, -0.05) is 13.8 Å². The smallest absolute Gasteiger partial charge is 0.266 e. The number of hydrogen-bond acceptors (Lipinski definition) is 3. The monoisotopic (exact) mass is 274 g/mol. The number of carbonyl (C=O) groups is 1. The van der Waals surface area contributed by atoms with Crippen LogP contribution < -0.4 is 0 Å². The van der Waals surface area contributed by atoms with E-state index in [9.17, 15) is 4.79 Å². The number of aryl methyl sites for hydroxylation is 1. The first-order valence-corrected chi connectivity index (χ1v) is 7.34. The summed E-state index contributed by atoms with van der Waals surface area (Å²) in [4.78, 5) is 19.2. The quantitative estimate of drug-likeness (QED) is 0.746. The molecule has 0 atom stereocenters. The Morgan fingerprint density at radius 1 is 1.53 bits per heavy atom. The number of carbonyl (C=O) groups excluding carboxylic acids is 1. The van der Waals surface area contributed by atoms with E-state index in [0.717, 1.165) is 23.4 Å². The number of thiazole rings is 1. The van der Waals surface area contributed by atoms with Crippen molar-refractivity contribution in [2.24, 2.45) is 0 Å². The van der Waals surface area contributed by atoms with Crippen molar-refractivity contribution in [3.05, 3.63) is 16.1 Å². The van der Waals surface area contributed by atoms with Gasteiger partial charge < -0.3 is 4.90 Å². The number of halogens is 1. The molecule has 0 radical (unpaired) electrons. The third kappa shape index (κ3) is 3.42. The topological polar surface area (TPSA) is 33.2 Å². The maximum absolute atomic E-state index is 12.4. The first-order valence-electron chi connectivity index (χ1n) is 5.92. The molecule has 1 aromatic heterocycles. The standard InChI is InChI=1S/C12H19ClN2OS/c1-4-10(5-2)15(7-6-13)12(16)11-9(3)14-8-17-11/h8,10H,4-7H2,1-3H3. The SMILES string of the molecule is CCC(CC)N(CCCl)C(=O)c1scnc1C. The molecular weight excluding hydrogens is 256 g/mol. The Morgan fingerprint density at radius 2 is 2.18 bits per heavy atom. The van der Waals surface area contributed by atoms with Gasteiger partial charge in [-0.3, -0.25) is 4.79 Å². The Labute approximate surface area is 112 Å². The van der Waals surface area contributed by atoms with E-state index in [1.54, 1.807) is 5.51 Å². The second-order valence-corrected chi connectivity index (χ2v) is 5.16. The zero-order chi connectivity index (χ0) is 12.8. The van der Waals surface area contributed by atoms with Crippen molar-refractivity contribution in [3.63, 3.8) is 0 Å². The summed E-state index contributed by atoms with van der Waals surface area (Å²) in [6, 6.07) is 0.266. The van der Waals surface area contributed by atoms with Gasteiger partial charge >= 0.3 is 0 Å². The van der Waals surface area contributed by atoms with Crippen LogP contribution >= 0.6 is 22.9 Å². The lowest BCUT2D eigenvalue weighted by Crippen LogP contribution is -2.41. The largest absolute Gasteiger partial charge is 0.334 e. The maximum Gasteiger partial charge on any atom is 0.266 e. The first kappa shape index (κ1) is 14.5. The number of alkyl halides is 1. The summed E-state index contributed by atoms with van der Waals surface area (Å²) in [6.45, 7) is 6.67. The molecule has 96 valence electrons. The summed E-state index contributed by atoms with van der Waals surface area (Å²) in [5.41, 5.74) is 2.53. The normalized spacial score (nSPS) is 10.9. The molecule has 0 bridgehead atoms. The summed E-state index contributed by atoms with van der Waals surface area (Å²) in [5, 5.41) is 0. The van der Waals surface area contributed by atoms with E-state index in [-0.39, 0.29) is 11.9 Å². The lowest BCUT2D eigenvalue weighted by atomic mass is 10.1. The number of aromatic nitrogens is 1. The fourth-order valence-corrected chi connectivity index (χ4v) is 2.85. The van der Waals surface area contributed by atoms with Crippen LogP contribution in [0.25, 0.3) is 0 Å². The highest BCUT2D eigenvalue weighted by molar-refractivity contribution is 7.11. The molecule has 0 saturated heterocycles. The molecule has 0 unspecified atom stereocenters. The fraction of sp³-hybridized carbons (Fsp3) is 0.667. The molecule has 3 nitrogen and oxygen atoms in total. The highest BCUT2D eigenvalue weighted by Crippen LogP contribution is 2.19. The van der Waals surface area contributed by atoms with Crippen molar-refractivity contribution in [1.82, 2.24) is 9.88 Å². The molecule has 17 heavy (non-hydrogen) atoms. The van der Waals surface area contributed by atoms with Crippen molar-refractivity contribution in [1.29, 1.82) is 0 Å². The summed E-state index contributed by atoms with van der Waals surface area (Å²) in [7, 11) is 0. The highest BCUT2D eigenvalue weighted by atomic mass is 35.5. The number of amides is 1. The maximum atomic E-state index is 12.4. The molecule has 5 heteroatoms. The van der Waals surface area contributed by atoms with Crippen molar-refractivity contribution < 1.29 is 4.79 Å². The lowest BCUT2D eigenvalue weighted by Gasteiger charge is -2.29. The zero-order valence-corrected chi connectivity index (χ0v) is 12.1. The molecule has 1 aromatic rings. The molecule has 0 fully saturated rings. The molecular formula is C12H19ClN2OS. The predicted octanol–water partition coefficient (Wildman–Crippen LogP) is 3.32. The van der Waals surface area contributed by atoms with Crippen molar-refractivity contribution in [2.45, 2.75) is 39.7 Å². The number of nitrogens with zero attached hydrogens (tertiary/aromatic N) is 2. The van der Waals surface area contributed by atoms with E-state index in [1.807, 2.05) is 11.8 Å². The van der Waals surface area contributed by atoms with Gasteiger partial charge in [-0.05, 0) is 19.8 Å². The minimum Gasteiger partial charge on any atom is -0.334 e. The Balaban J connectivity index is 2.91. The number of hydrogen-bond donors (Lipinski definition) is 0. The second-order valence-electron chi connectivity index (χ2n) is 3.92. The predicted molar refractivity (Wildman–Crippen MR) is 73.0 cm³/mol. The van der Waals surface area contributed by atoms with Gasteiger partial charge in [0.05, 0.1) is 11.2 Å². The second kappa shape index (κ2) is 6.97. The van der Waals surface area contributed by atoms with Crippen molar-refractivity contribution >= 4 is 28.8 Å². The Hall–Kier alpha value is -0.610. The van der Waals surface area contributed by atoms with E-state index < -0.39 is 0 Å². The van der Waals surface area contributed by atoms with Crippen LogP contribution in [-0.4, -0.2) is 34.3 Å². The molecule has 0 aliphatic rings. The van der Waals surface area contributed by atoms with Crippen LogP contribution in [0.5, 0.6) is 0 Å². The van der Waals surface area contributed by atoms with E-state index >= 15 is 0 Å². The van der Waals surface area contributed by atoms with Gasteiger partial charge in [0.25, 0.3) is 5.91 Å². The fourth-order valence-electron chi connectivity index (χ4n) is 1.91. The molecule has 1 rings (SSSR count). The average molecular weight is 275 g/mol. The minimum absolute atomic E-state index is 0.0688. The van der Waals surface area contributed by atoms with Crippen LogP contribution in [0, 0.1) is 6.92 Å². The molecule has 0 spiro atoms. The van der Waals surface area contributed by atoms with E-state index in [4.69, 9.17) is 11.6 Å². The van der Waals surface area contributed by atoms with Gasteiger partial charge in [0.2, 0.25) is 0 Å². The van der Waals surface area contributed by atoms with Crippen LogP contribution in [0.1, 0.15) is 42.1 Å². The molecule has 1 amide bonds. The molecule has 0 N–H and O–H groups in total. The lowest BCUT2D eigenvalue weighted by molar-refractivity contribution is 0.0685.